The van der Waals surface area contributed by atoms with Crippen LogP contribution in [-0.2, 0) is 4.79 Å². The summed E-state index contributed by atoms with van der Waals surface area (Å²) in [6.45, 7) is 0. The monoisotopic (exact) mass is 389 g/mol. The first-order valence-electron chi connectivity index (χ1n) is 7.55. The van der Waals surface area contributed by atoms with Crippen molar-refractivity contribution >= 4 is 46.1 Å². The molecular weight excluding hydrogens is 377 g/mol. The van der Waals surface area contributed by atoms with Gasteiger partial charge >= 0.3 is 0 Å². The van der Waals surface area contributed by atoms with Crippen LogP contribution in [0.3, 0.4) is 0 Å². The Labute approximate surface area is 157 Å². The fourth-order valence-corrected chi connectivity index (χ4v) is 2.94. The number of fused-ring (bicyclic) bond motifs is 1. The summed E-state index contributed by atoms with van der Waals surface area (Å²) in [6.07, 6.45) is 0. The van der Waals surface area contributed by atoms with E-state index in [9.17, 15) is 14.0 Å². The Morgan fingerprint density at radius 1 is 1.04 bits per heavy atom. The van der Waals surface area contributed by atoms with E-state index >= 15 is 0 Å². The fourth-order valence-electron chi connectivity index (χ4n) is 2.13. The molecule has 0 aliphatic heterocycles. The third-order valence-electron chi connectivity index (χ3n) is 3.40. The molecule has 1 aromatic heterocycles. The highest BCUT2D eigenvalue weighted by Gasteiger charge is 2.08. The molecule has 0 radical (unpaired) electrons. The zero-order valence-corrected chi connectivity index (χ0v) is 14.9. The summed E-state index contributed by atoms with van der Waals surface area (Å²) in [4.78, 5) is 28.1. The number of nitrogens with zero attached hydrogens (tertiary/aromatic N) is 1. The van der Waals surface area contributed by atoms with Gasteiger partial charge in [-0.25, -0.2) is 9.37 Å². The van der Waals surface area contributed by atoms with E-state index in [1.165, 1.54) is 23.9 Å². The lowest BCUT2D eigenvalue weighted by atomic mass is 10.2. The van der Waals surface area contributed by atoms with Gasteiger partial charge < -0.3 is 0 Å². The molecule has 2 N–H and O–H groups in total. The first-order chi connectivity index (χ1) is 12.5. The van der Waals surface area contributed by atoms with Crippen LogP contribution in [0.15, 0.2) is 59.6 Å². The molecule has 0 unspecified atom stereocenters. The second-order valence-corrected chi connectivity index (χ2v) is 6.72. The van der Waals surface area contributed by atoms with Crippen molar-refractivity contribution in [1.29, 1.82) is 0 Å². The Balaban J connectivity index is 1.51. The molecular formula is C18H13ClFN3O2S. The molecule has 2 amide bonds. The van der Waals surface area contributed by atoms with E-state index in [0.717, 1.165) is 0 Å². The highest BCUT2D eigenvalue weighted by molar-refractivity contribution is 7.99. The number of thioether (sulfide) groups is 1. The Morgan fingerprint density at radius 2 is 1.81 bits per heavy atom. The van der Waals surface area contributed by atoms with Crippen LogP contribution in [0.5, 0.6) is 0 Å². The normalized spacial score (nSPS) is 10.5. The first kappa shape index (κ1) is 18.2. The number of nitrogens with one attached hydrogen (secondary N) is 2. The highest BCUT2D eigenvalue weighted by atomic mass is 35.5. The molecule has 3 rings (SSSR count). The molecule has 0 bridgehead atoms. The maximum absolute atomic E-state index is 13.2. The van der Waals surface area contributed by atoms with E-state index in [1.54, 1.807) is 42.5 Å². The van der Waals surface area contributed by atoms with Crippen LogP contribution in [0, 0.1) is 5.82 Å². The van der Waals surface area contributed by atoms with E-state index < -0.39 is 5.91 Å². The number of amides is 2. The molecule has 0 spiro atoms. The van der Waals surface area contributed by atoms with Crippen molar-refractivity contribution in [2.45, 2.75) is 5.03 Å². The number of hydrogen-bond acceptors (Lipinski definition) is 4. The number of hydrazine groups is 1. The van der Waals surface area contributed by atoms with E-state index in [2.05, 4.69) is 15.8 Å². The summed E-state index contributed by atoms with van der Waals surface area (Å²) in [5.41, 5.74) is 5.70. The Bertz CT molecular complexity index is 966. The second kappa shape index (κ2) is 8.16. The summed E-state index contributed by atoms with van der Waals surface area (Å²) in [7, 11) is 0. The summed E-state index contributed by atoms with van der Waals surface area (Å²) in [5.74, 6) is -1.07. The highest BCUT2D eigenvalue weighted by Crippen LogP contribution is 2.20. The van der Waals surface area contributed by atoms with Gasteiger partial charge in [-0.1, -0.05) is 29.4 Å². The molecule has 26 heavy (non-hydrogen) atoms. The zero-order chi connectivity index (χ0) is 18.5. The quantitative estimate of drug-likeness (QED) is 0.528. The van der Waals surface area contributed by atoms with Gasteiger partial charge in [0.15, 0.2) is 0 Å². The lowest BCUT2D eigenvalue weighted by molar-refractivity contribution is -0.119. The van der Waals surface area contributed by atoms with Crippen LogP contribution < -0.4 is 10.9 Å². The minimum Gasteiger partial charge on any atom is -0.272 e. The van der Waals surface area contributed by atoms with Crippen molar-refractivity contribution in [2.75, 3.05) is 5.75 Å². The van der Waals surface area contributed by atoms with Crippen LogP contribution in [0.25, 0.3) is 10.9 Å². The standard InChI is InChI=1S/C18H13ClFN3O2S/c19-13-4-1-11(2-5-13)18(25)23-22-16(24)10-26-17-8-3-12-9-14(20)6-7-15(12)21-17/h1-9H,10H2,(H,22,24)(H,23,25). The third kappa shape index (κ3) is 4.71. The third-order valence-corrected chi connectivity index (χ3v) is 4.58. The number of halogens is 2. The number of pyridine rings is 1. The fraction of sp³-hybridized carbons (Fsp3) is 0.0556. The number of aromatic nitrogens is 1. The zero-order valence-electron chi connectivity index (χ0n) is 13.3. The van der Waals surface area contributed by atoms with Crippen molar-refractivity contribution in [2.24, 2.45) is 0 Å². The predicted octanol–water partition coefficient (Wildman–Crippen LogP) is 3.58. The molecule has 2 aromatic carbocycles. The van der Waals surface area contributed by atoms with Gasteiger partial charge in [-0.3, -0.25) is 20.4 Å². The van der Waals surface area contributed by atoms with Gasteiger partial charge in [-0.05, 0) is 48.5 Å². The molecule has 0 aliphatic carbocycles. The van der Waals surface area contributed by atoms with Crippen molar-refractivity contribution < 1.29 is 14.0 Å². The molecule has 0 atom stereocenters. The smallest absolute Gasteiger partial charge is 0.269 e. The number of carbonyl (C=O) groups is 2. The Kier molecular flexibility index (Phi) is 5.70. The SMILES string of the molecule is O=C(CSc1ccc2cc(F)ccc2n1)NNC(=O)c1ccc(Cl)cc1. The summed E-state index contributed by atoms with van der Waals surface area (Å²) in [5, 5.41) is 1.84. The van der Waals surface area contributed by atoms with E-state index in [1.807, 2.05) is 0 Å². The van der Waals surface area contributed by atoms with Crippen molar-refractivity contribution in [3.05, 3.63) is 71.0 Å². The van der Waals surface area contributed by atoms with Crippen molar-refractivity contribution in [3.8, 4) is 0 Å². The van der Waals surface area contributed by atoms with Gasteiger partial charge in [0, 0.05) is 16.0 Å². The number of hydrogen-bond donors (Lipinski definition) is 2. The minimum absolute atomic E-state index is 0.0700. The Morgan fingerprint density at radius 3 is 2.58 bits per heavy atom. The minimum atomic E-state index is -0.439. The van der Waals surface area contributed by atoms with Gasteiger partial charge in [0.25, 0.3) is 5.91 Å². The molecule has 0 aliphatic rings. The molecule has 8 heteroatoms. The van der Waals surface area contributed by atoms with Crippen molar-refractivity contribution in [3.63, 3.8) is 0 Å². The van der Waals surface area contributed by atoms with E-state index in [0.29, 0.717) is 26.5 Å². The predicted molar refractivity (Wildman–Crippen MR) is 99.5 cm³/mol. The molecule has 1 heterocycles. The van der Waals surface area contributed by atoms with Gasteiger partial charge in [-0.15, -0.1) is 0 Å². The maximum atomic E-state index is 13.2. The average Bonchev–Trinajstić information content (AvgIpc) is 2.65. The molecule has 0 fully saturated rings. The van der Waals surface area contributed by atoms with E-state index in [-0.39, 0.29) is 17.5 Å². The van der Waals surface area contributed by atoms with Gasteiger partial charge in [-0.2, -0.15) is 0 Å². The van der Waals surface area contributed by atoms with Crippen LogP contribution in [0.2, 0.25) is 5.02 Å². The van der Waals surface area contributed by atoms with Gasteiger partial charge in [0.05, 0.1) is 16.3 Å². The number of benzene rings is 2. The topological polar surface area (TPSA) is 71.1 Å². The van der Waals surface area contributed by atoms with Crippen LogP contribution in [0.1, 0.15) is 10.4 Å². The summed E-state index contributed by atoms with van der Waals surface area (Å²) < 4.78 is 13.2. The second-order valence-electron chi connectivity index (χ2n) is 5.28. The van der Waals surface area contributed by atoms with Crippen LogP contribution in [-0.4, -0.2) is 22.6 Å². The number of rotatable bonds is 4. The average molecular weight is 390 g/mol. The summed E-state index contributed by atoms with van der Waals surface area (Å²) in [6, 6.07) is 14.1. The molecule has 0 saturated carbocycles. The van der Waals surface area contributed by atoms with Crippen molar-refractivity contribution in [1.82, 2.24) is 15.8 Å². The molecule has 0 saturated heterocycles. The maximum Gasteiger partial charge on any atom is 0.269 e. The summed E-state index contributed by atoms with van der Waals surface area (Å²) >= 11 is 6.97. The van der Waals surface area contributed by atoms with E-state index in [4.69, 9.17) is 11.6 Å². The lowest BCUT2D eigenvalue weighted by Crippen LogP contribution is -2.42. The van der Waals surface area contributed by atoms with Gasteiger partial charge in [0.2, 0.25) is 5.91 Å². The molecule has 132 valence electrons. The van der Waals surface area contributed by atoms with Crippen LogP contribution in [0.4, 0.5) is 4.39 Å². The Hall–Kier alpha value is -2.64. The van der Waals surface area contributed by atoms with Gasteiger partial charge in [0.1, 0.15) is 5.82 Å². The largest absolute Gasteiger partial charge is 0.272 e. The lowest BCUT2D eigenvalue weighted by Gasteiger charge is -2.07. The number of carbonyl (C=O) groups excluding carboxylic acids is 2. The van der Waals surface area contributed by atoms with Crippen LogP contribution >= 0.6 is 23.4 Å². The first-order valence-corrected chi connectivity index (χ1v) is 8.91. The molecule has 5 nitrogen and oxygen atoms in total. The molecule has 3 aromatic rings.